The minimum absolute atomic E-state index is 0.152. The smallest absolute Gasteiger partial charge is 0.266 e. The highest BCUT2D eigenvalue weighted by Gasteiger charge is 2.07. The molecule has 0 saturated carbocycles. The average Bonchev–Trinajstić information content (AvgIpc) is 3.10. The molecule has 0 aliphatic heterocycles. The molecule has 1 amide bonds. The molecule has 0 fully saturated rings. The van der Waals surface area contributed by atoms with Gasteiger partial charge in [0, 0.05) is 10.5 Å². The van der Waals surface area contributed by atoms with E-state index >= 15 is 0 Å². The van der Waals surface area contributed by atoms with Crippen LogP contribution in [0, 0.1) is 0 Å². The number of benzene rings is 2. The van der Waals surface area contributed by atoms with Gasteiger partial charge in [-0.3, -0.25) is 10.2 Å². The van der Waals surface area contributed by atoms with Gasteiger partial charge in [0.05, 0.1) is 0 Å². The van der Waals surface area contributed by atoms with Crippen LogP contribution in [0.5, 0.6) is 0 Å². The zero-order valence-electron chi connectivity index (χ0n) is 11.7. The normalized spacial score (nSPS) is 10.4. The Kier molecular flexibility index (Phi) is 4.90. The first-order valence-corrected chi connectivity index (χ1v) is 8.49. The second-order valence-electron chi connectivity index (χ2n) is 4.56. The fourth-order valence-electron chi connectivity index (χ4n) is 1.96. The Labute approximate surface area is 137 Å². The van der Waals surface area contributed by atoms with Crippen LogP contribution in [0.15, 0.2) is 76.3 Å². The molecule has 0 bridgehead atoms. The van der Waals surface area contributed by atoms with E-state index in [4.69, 9.17) is 0 Å². The van der Waals surface area contributed by atoms with Crippen LogP contribution >= 0.6 is 23.3 Å². The SMILES string of the molecule is O=C(NNSc1ccccc1)c1cccc(-c2ccsc2)c1. The number of carbonyl (C=O) groups is 1. The van der Waals surface area contributed by atoms with Crippen molar-refractivity contribution in [3.63, 3.8) is 0 Å². The molecule has 1 heterocycles. The van der Waals surface area contributed by atoms with E-state index in [-0.39, 0.29) is 5.91 Å². The van der Waals surface area contributed by atoms with Gasteiger partial charge in [-0.1, -0.05) is 30.3 Å². The van der Waals surface area contributed by atoms with Crippen molar-refractivity contribution in [2.24, 2.45) is 0 Å². The minimum atomic E-state index is -0.152. The third-order valence-electron chi connectivity index (χ3n) is 3.06. The average molecular weight is 326 g/mol. The van der Waals surface area contributed by atoms with Crippen LogP contribution in [0.4, 0.5) is 0 Å². The predicted octanol–water partition coefficient (Wildman–Crippen LogP) is 4.36. The quantitative estimate of drug-likeness (QED) is 0.541. The van der Waals surface area contributed by atoms with Gasteiger partial charge in [0.2, 0.25) is 0 Å². The van der Waals surface area contributed by atoms with E-state index in [9.17, 15) is 4.79 Å². The highest BCUT2D eigenvalue weighted by molar-refractivity contribution is 7.97. The van der Waals surface area contributed by atoms with Crippen LogP contribution in [0.1, 0.15) is 10.4 Å². The monoisotopic (exact) mass is 326 g/mol. The van der Waals surface area contributed by atoms with E-state index in [2.05, 4.69) is 15.6 Å². The van der Waals surface area contributed by atoms with Crippen LogP contribution in [0.2, 0.25) is 0 Å². The number of carbonyl (C=O) groups excluding carboxylic acids is 1. The van der Waals surface area contributed by atoms with Crippen LogP contribution in [-0.4, -0.2) is 5.91 Å². The fraction of sp³-hybridized carbons (Fsp3) is 0. The van der Waals surface area contributed by atoms with Gasteiger partial charge in [-0.2, -0.15) is 16.2 Å². The van der Waals surface area contributed by atoms with Crippen molar-refractivity contribution in [3.8, 4) is 11.1 Å². The van der Waals surface area contributed by atoms with Crippen molar-refractivity contribution in [1.82, 2.24) is 10.3 Å². The Bertz CT molecular complexity index is 742. The molecule has 2 aromatic carbocycles. The zero-order valence-corrected chi connectivity index (χ0v) is 13.3. The summed E-state index contributed by atoms with van der Waals surface area (Å²) in [5.74, 6) is -0.152. The van der Waals surface area contributed by atoms with Crippen molar-refractivity contribution in [2.75, 3.05) is 0 Å². The van der Waals surface area contributed by atoms with Gasteiger partial charge in [0.15, 0.2) is 0 Å². The number of amides is 1. The van der Waals surface area contributed by atoms with Crippen molar-refractivity contribution in [1.29, 1.82) is 0 Å². The third kappa shape index (κ3) is 3.76. The molecule has 0 aliphatic carbocycles. The first-order valence-electron chi connectivity index (χ1n) is 6.73. The lowest BCUT2D eigenvalue weighted by molar-refractivity contribution is 0.0947. The van der Waals surface area contributed by atoms with E-state index in [0.29, 0.717) is 5.56 Å². The molecular weight excluding hydrogens is 312 g/mol. The van der Waals surface area contributed by atoms with Gasteiger partial charge >= 0.3 is 0 Å². The summed E-state index contributed by atoms with van der Waals surface area (Å²) in [6.07, 6.45) is 0. The number of hydrogen-bond donors (Lipinski definition) is 2. The van der Waals surface area contributed by atoms with E-state index in [0.717, 1.165) is 16.0 Å². The molecule has 3 rings (SSSR count). The Morgan fingerprint density at radius 2 is 1.82 bits per heavy atom. The summed E-state index contributed by atoms with van der Waals surface area (Å²) < 4.78 is 0. The van der Waals surface area contributed by atoms with E-state index in [1.165, 1.54) is 11.9 Å². The van der Waals surface area contributed by atoms with Gasteiger partial charge in [0.1, 0.15) is 0 Å². The number of rotatable bonds is 5. The van der Waals surface area contributed by atoms with Gasteiger partial charge < -0.3 is 0 Å². The lowest BCUT2D eigenvalue weighted by atomic mass is 10.1. The first-order chi connectivity index (χ1) is 10.8. The molecule has 1 aromatic heterocycles. The molecule has 3 aromatic rings. The minimum Gasteiger partial charge on any atom is -0.277 e. The topological polar surface area (TPSA) is 41.1 Å². The number of hydrogen-bond acceptors (Lipinski definition) is 4. The molecule has 3 nitrogen and oxygen atoms in total. The van der Waals surface area contributed by atoms with Crippen LogP contribution in [-0.2, 0) is 0 Å². The van der Waals surface area contributed by atoms with Gasteiger partial charge in [-0.15, -0.1) is 0 Å². The number of hydrazine groups is 1. The molecule has 0 radical (unpaired) electrons. The van der Waals surface area contributed by atoms with Crippen molar-refractivity contribution in [3.05, 3.63) is 77.0 Å². The predicted molar refractivity (Wildman–Crippen MR) is 92.7 cm³/mol. The van der Waals surface area contributed by atoms with Crippen LogP contribution < -0.4 is 10.3 Å². The second-order valence-corrected chi connectivity index (χ2v) is 6.22. The Morgan fingerprint density at radius 1 is 0.955 bits per heavy atom. The largest absolute Gasteiger partial charge is 0.277 e. The van der Waals surface area contributed by atoms with Crippen molar-refractivity contribution < 1.29 is 4.79 Å². The maximum atomic E-state index is 12.2. The van der Waals surface area contributed by atoms with E-state index < -0.39 is 0 Å². The molecule has 22 heavy (non-hydrogen) atoms. The molecule has 2 N–H and O–H groups in total. The highest BCUT2D eigenvalue weighted by atomic mass is 32.2. The molecule has 0 saturated heterocycles. The lowest BCUT2D eigenvalue weighted by Gasteiger charge is -2.07. The first kappa shape index (κ1) is 14.8. The molecule has 0 atom stereocenters. The van der Waals surface area contributed by atoms with Crippen LogP contribution in [0.25, 0.3) is 11.1 Å². The third-order valence-corrected chi connectivity index (χ3v) is 4.45. The summed E-state index contributed by atoms with van der Waals surface area (Å²) in [6, 6.07) is 19.5. The summed E-state index contributed by atoms with van der Waals surface area (Å²) in [5, 5.41) is 4.10. The maximum absolute atomic E-state index is 12.2. The molecule has 0 unspecified atom stereocenters. The molecule has 5 heteroatoms. The molecule has 0 aliphatic rings. The number of nitrogens with one attached hydrogen (secondary N) is 2. The Balaban J connectivity index is 1.62. The highest BCUT2D eigenvalue weighted by Crippen LogP contribution is 2.22. The zero-order chi connectivity index (χ0) is 15.2. The summed E-state index contributed by atoms with van der Waals surface area (Å²) in [4.78, 5) is 16.1. The van der Waals surface area contributed by atoms with Gasteiger partial charge in [-0.05, 0) is 64.2 Å². The maximum Gasteiger partial charge on any atom is 0.266 e. The fourth-order valence-corrected chi connectivity index (χ4v) is 3.18. The number of thiophene rings is 1. The van der Waals surface area contributed by atoms with Crippen molar-refractivity contribution >= 4 is 29.2 Å². The lowest BCUT2D eigenvalue weighted by Crippen LogP contribution is -2.32. The van der Waals surface area contributed by atoms with Gasteiger partial charge in [-0.25, -0.2) is 0 Å². The van der Waals surface area contributed by atoms with Crippen molar-refractivity contribution in [2.45, 2.75) is 4.90 Å². The second kappa shape index (κ2) is 7.26. The Hall–Kier alpha value is -2.08. The molecule has 0 spiro atoms. The standard InChI is InChI=1S/C17H14N2OS2/c20-17(18-19-22-16-7-2-1-3-8-16)14-6-4-5-13(11-14)15-9-10-21-12-15/h1-12,19H,(H,18,20). The summed E-state index contributed by atoms with van der Waals surface area (Å²) >= 11 is 3.01. The van der Waals surface area contributed by atoms with Gasteiger partial charge in [0.25, 0.3) is 5.91 Å². The Morgan fingerprint density at radius 3 is 2.59 bits per heavy atom. The molecule has 110 valence electrons. The van der Waals surface area contributed by atoms with E-state index in [1.807, 2.05) is 60.0 Å². The summed E-state index contributed by atoms with van der Waals surface area (Å²) in [5.41, 5.74) is 5.50. The molecular formula is C17H14N2OS2. The summed E-state index contributed by atoms with van der Waals surface area (Å²) in [7, 11) is 0. The van der Waals surface area contributed by atoms with Crippen LogP contribution in [0.3, 0.4) is 0 Å². The van der Waals surface area contributed by atoms with E-state index in [1.54, 1.807) is 17.4 Å². The summed E-state index contributed by atoms with van der Waals surface area (Å²) in [6.45, 7) is 0.